The molecule has 0 amide bonds. The van der Waals surface area contributed by atoms with Gasteiger partial charge >= 0.3 is 0 Å². The molecule has 0 spiro atoms. The number of nitrogens with zero attached hydrogens (tertiary/aromatic N) is 2. The molecule has 1 aliphatic heterocycles. The molecule has 2 aromatic heterocycles. The summed E-state index contributed by atoms with van der Waals surface area (Å²) in [7, 11) is 0. The Bertz CT molecular complexity index is 480. The summed E-state index contributed by atoms with van der Waals surface area (Å²) in [5.74, 6) is 0.613. The van der Waals surface area contributed by atoms with Gasteiger partial charge in [-0.1, -0.05) is 0 Å². The van der Waals surface area contributed by atoms with Crippen molar-refractivity contribution in [2.45, 2.75) is 12.5 Å². The molecule has 0 aromatic carbocycles. The van der Waals surface area contributed by atoms with Gasteiger partial charge in [0.25, 0.3) is 0 Å². The van der Waals surface area contributed by atoms with Gasteiger partial charge in [0, 0.05) is 17.5 Å². The predicted molar refractivity (Wildman–Crippen MR) is 67.2 cm³/mol. The average Bonchev–Trinajstić information content (AvgIpc) is 3.01. The molecule has 3 heterocycles. The minimum absolute atomic E-state index is 0.224. The molecule has 1 N–H and O–H groups in total. The lowest BCUT2D eigenvalue weighted by molar-refractivity contribution is 0.213. The van der Waals surface area contributed by atoms with Gasteiger partial charge in [-0.15, -0.1) is 0 Å². The Labute approximate surface area is 104 Å². The molecule has 1 saturated heterocycles. The number of aromatic nitrogens is 2. The van der Waals surface area contributed by atoms with Gasteiger partial charge in [-0.2, -0.15) is 11.3 Å². The normalized spacial score (nSPS) is 19.4. The number of hydrogen-bond acceptors (Lipinski definition) is 5. The van der Waals surface area contributed by atoms with Crippen molar-refractivity contribution in [1.29, 1.82) is 0 Å². The Morgan fingerprint density at radius 3 is 3.18 bits per heavy atom. The number of hydrogen-bond donors (Lipinski definition) is 1. The molecule has 0 saturated carbocycles. The highest BCUT2D eigenvalue weighted by Gasteiger charge is 2.16. The highest BCUT2D eigenvalue weighted by atomic mass is 32.1. The van der Waals surface area contributed by atoms with E-state index < -0.39 is 0 Å². The molecule has 1 aliphatic rings. The predicted octanol–water partition coefficient (Wildman–Crippen LogP) is 1.95. The quantitative estimate of drug-likeness (QED) is 0.900. The van der Waals surface area contributed by atoms with Crippen LogP contribution in [0.25, 0.3) is 11.3 Å². The molecule has 5 heteroatoms. The minimum atomic E-state index is 0.224. The van der Waals surface area contributed by atoms with Crippen LogP contribution in [0.15, 0.2) is 29.2 Å². The van der Waals surface area contributed by atoms with Crippen molar-refractivity contribution in [2.24, 2.45) is 0 Å². The Morgan fingerprint density at radius 1 is 1.41 bits per heavy atom. The standard InChI is InChI=1S/C12H13N3OS/c1-3-13-5-10(1)16-12-7-14-6-11(15-12)9-2-4-17-8-9/h2,4,6-8,10,13H,1,3,5H2. The van der Waals surface area contributed by atoms with Gasteiger partial charge < -0.3 is 10.1 Å². The van der Waals surface area contributed by atoms with Gasteiger partial charge in [0.05, 0.1) is 18.1 Å². The maximum absolute atomic E-state index is 5.78. The molecule has 1 unspecified atom stereocenters. The van der Waals surface area contributed by atoms with E-state index in [1.165, 1.54) is 0 Å². The van der Waals surface area contributed by atoms with Crippen LogP contribution in [-0.2, 0) is 0 Å². The lowest BCUT2D eigenvalue weighted by atomic mass is 10.2. The van der Waals surface area contributed by atoms with Gasteiger partial charge in [-0.25, -0.2) is 4.98 Å². The Morgan fingerprint density at radius 2 is 2.41 bits per heavy atom. The van der Waals surface area contributed by atoms with E-state index in [-0.39, 0.29) is 6.10 Å². The maximum atomic E-state index is 5.78. The second-order valence-corrected chi connectivity index (χ2v) is 4.77. The molecular formula is C12H13N3OS. The van der Waals surface area contributed by atoms with Crippen LogP contribution in [0.1, 0.15) is 6.42 Å². The van der Waals surface area contributed by atoms with Crippen molar-refractivity contribution < 1.29 is 4.74 Å². The SMILES string of the molecule is c1cc(-c2cncc(OC3CCNC3)n2)cs1. The summed E-state index contributed by atoms with van der Waals surface area (Å²) in [4.78, 5) is 8.65. The topological polar surface area (TPSA) is 47.0 Å². The van der Waals surface area contributed by atoms with E-state index in [9.17, 15) is 0 Å². The van der Waals surface area contributed by atoms with Crippen molar-refractivity contribution in [3.05, 3.63) is 29.2 Å². The van der Waals surface area contributed by atoms with Crippen LogP contribution >= 0.6 is 11.3 Å². The average molecular weight is 247 g/mol. The Hall–Kier alpha value is -1.46. The third kappa shape index (κ3) is 2.45. The van der Waals surface area contributed by atoms with Crippen LogP contribution < -0.4 is 10.1 Å². The van der Waals surface area contributed by atoms with Gasteiger partial charge in [0.15, 0.2) is 0 Å². The van der Waals surface area contributed by atoms with Crippen molar-refractivity contribution in [2.75, 3.05) is 13.1 Å². The molecular weight excluding hydrogens is 234 g/mol. The van der Waals surface area contributed by atoms with Crippen LogP contribution in [0.4, 0.5) is 0 Å². The smallest absolute Gasteiger partial charge is 0.233 e. The monoisotopic (exact) mass is 247 g/mol. The van der Waals surface area contributed by atoms with Gasteiger partial charge in [-0.3, -0.25) is 4.98 Å². The summed E-state index contributed by atoms with van der Waals surface area (Å²) in [6.07, 6.45) is 4.70. The van der Waals surface area contributed by atoms with Crippen molar-refractivity contribution in [1.82, 2.24) is 15.3 Å². The van der Waals surface area contributed by atoms with E-state index in [2.05, 4.69) is 20.7 Å². The second-order valence-electron chi connectivity index (χ2n) is 3.99. The zero-order valence-corrected chi connectivity index (χ0v) is 10.1. The summed E-state index contributed by atoms with van der Waals surface area (Å²) in [5.41, 5.74) is 1.97. The summed E-state index contributed by atoms with van der Waals surface area (Å²) < 4.78 is 5.78. The third-order valence-corrected chi connectivity index (χ3v) is 3.42. The maximum Gasteiger partial charge on any atom is 0.233 e. The van der Waals surface area contributed by atoms with Crippen LogP contribution in [-0.4, -0.2) is 29.2 Å². The highest BCUT2D eigenvalue weighted by Crippen LogP contribution is 2.21. The van der Waals surface area contributed by atoms with E-state index in [0.29, 0.717) is 5.88 Å². The molecule has 17 heavy (non-hydrogen) atoms. The fourth-order valence-electron chi connectivity index (χ4n) is 1.85. The molecule has 1 atom stereocenters. The Balaban J connectivity index is 1.79. The zero-order chi connectivity index (χ0) is 11.5. The number of nitrogens with one attached hydrogen (secondary N) is 1. The first-order valence-corrected chi connectivity index (χ1v) is 6.58. The summed E-state index contributed by atoms with van der Waals surface area (Å²) in [6, 6.07) is 2.04. The van der Waals surface area contributed by atoms with E-state index in [1.54, 1.807) is 23.7 Å². The van der Waals surface area contributed by atoms with E-state index in [1.807, 2.05) is 11.4 Å². The summed E-state index contributed by atoms with van der Waals surface area (Å²) in [6.45, 7) is 1.91. The third-order valence-electron chi connectivity index (χ3n) is 2.73. The molecule has 88 valence electrons. The first-order valence-electron chi connectivity index (χ1n) is 5.64. The van der Waals surface area contributed by atoms with Crippen LogP contribution in [0, 0.1) is 0 Å². The molecule has 3 rings (SSSR count). The highest BCUT2D eigenvalue weighted by molar-refractivity contribution is 7.08. The lowest BCUT2D eigenvalue weighted by Crippen LogP contribution is -2.20. The van der Waals surface area contributed by atoms with Crippen LogP contribution in [0.2, 0.25) is 0 Å². The first kappa shape index (κ1) is 10.7. The fraction of sp³-hybridized carbons (Fsp3) is 0.333. The van der Waals surface area contributed by atoms with Crippen molar-refractivity contribution in [3.8, 4) is 17.1 Å². The number of rotatable bonds is 3. The van der Waals surface area contributed by atoms with Crippen molar-refractivity contribution in [3.63, 3.8) is 0 Å². The largest absolute Gasteiger partial charge is 0.472 e. The molecule has 0 bridgehead atoms. The molecule has 0 aliphatic carbocycles. The zero-order valence-electron chi connectivity index (χ0n) is 9.30. The lowest BCUT2D eigenvalue weighted by Gasteiger charge is -2.11. The molecule has 2 aromatic rings. The molecule has 1 fully saturated rings. The fourth-order valence-corrected chi connectivity index (χ4v) is 2.50. The minimum Gasteiger partial charge on any atom is -0.472 e. The number of ether oxygens (including phenoxy) is 1. The summed E-state index contributed by atoms with van der Waals surface area (Å²) in [5, 5.41) is 7.36. The van der Waals surface area contributed by atoms with Crippen LogP contribution in [0.5, 0.6) is 5.88 Å². The van der Waals surface area contributed by atoms with Crippen LogP contribution in [0.3, 0.4) is 0 Å². The van der Waals surface area contributed by atoms with E-state index >= 15 is 0 Å². The van der Waals surface area contributed by atoms with Gasteiger partial charge in [-0.05, 0) is 24.4 Å². The molecule has 0 radical (unpaired) electrons. The van der Waals surface area contributed by atoms with E-state index in [0.717, 1.165) is 30.8 Å². The Kier molecular flexibility index (Phi) is 3.02. The number of thiophene rings is 1. The molecule has 4 nitrogen and oxygen atoms in total. The first-order chi connectivity index (χ1) is 8.42. The van der Waals surface area contributed by atoms with Gasteiger partial charge in [0.1, 0.15) is 6.10 Å². The van der Waals surface area contributed by atoms with E-state index in [4.69, 9.17) is 4.74 Å². The second kappa shape index (κ2) is 4.81. The van der Waals surface area contributed by atoms with Gasteiger partial charge in [0.2, 0.25) is 5.88 Å². The van der Waals surface area contributed by atoms with Crippen molar-refractivity contribution >= 4 is 11.3 Å². The summed E-state index contributed by atoms with van der Waals surface area (Å²) >= 11 is 1.65.